The molecule has 0 amide bonds. The van der Waals surface area contributed by atoms with E-state index >= 15 is 0 Å². The third-order valence-corrected chi connectivity index (χ3v) is 4.23. The lowest BCUT2D eigenvalue weighted by molar-refractivity contribution is -0.138. The van der Waals surface area contributed by atoms with Gasteiger partial charge in [0.15, 0.2) is 0 Å². The second-order valence-corrected chi connectivity index (χ2v) is 5.70. The Balaban J connectivity index is 2.29. The predicted octanol–water partition coefficient (Wildman–Crippen LogP) is -0.594. The molecule has 1 fully saturated rings. The summed E-state index contributed by atoms with van der Waals surface area (Å²) in [5.41, 5.74) is 0. The van der Waals surface area contributed by atoms with Gasteiger partial charge in [-0.25, -0.2) is 4.72 Å². The molecule has 0 saturated carbocycles. The average Bonchev–Trinajstić information content (AvgIpc) is 2.29. The van der Waals surface area contributed by atoms with Gasteiger partial charge in [-0.05, 0) is 12.8 Å². The number of hydrogen-bond donors (Lipinski definition) is 2. The summed E-state index contributed by atoms with van der Waals surface area (Å²) in [5, 5.41) is 8.45. The van der Waals surface area contributed by atoms with E-state index in [9.17, 15) is 13.2 Å². The van der Waals surface area contributed by atoms with Gasteiger partial charge in [0.25, 0.3) is 10.2 Å². The molecule has 1 heterocycles. The molecule has 1 rings (SSSR count). The van der Waals surface area contributed by atoms with Gasteiger partial charge in [-0.2, -0.15) is 12.7 Å². The Morgan fingerprint density at radius 1 is 1.47 bits per heavy atom. The molecule has 1 saturated heterocycles. The van der Waals surface area contributed by atoms with Crippen molar-refractivity contribution in [2.24, 2.45) is 0 Å². The van der Waals surface area contributed by atoms with Crippen LogP contribution in [-0.2, 0) is 19.7 Å². The largest absolute Gasteiger partial charge is 0.481 e. The first-order chi connectivity index (χ1) is 7.95. The number of hydrogen-bond acceptors (Lipinski definition) is 4. The van der Waals surface area contributed by atoms with Crippen molar-refractivity contribution in [3.63, 3.8) is 0 Å². The molecule has 100 valence electrons. The van der Waals surface area contributed by atoms with Crippen LogP contribution < -0.4 is 4.72 Å². The van der Waals surface area contributed by atoms with Crippen LogP contribution in [0.2, 0.25) is 0 Å². The van der Waals surface area contributed by atoms with E-state index < -0.39 is 16.2 Å². The van der Waals surface area contributed by atoms with Crippen LogP contribution in [0, 0.1) is 0 Å². The van der Waals surface area contributed by atoms with Gasteiger partial charge in [0, 0.05) is 20.1 Å². The Morgan fingerprint density at radius 3 is 2.53 bits per heavy atom. The third-order valence-electron chi connectivity index (χ3n) is 2.67. The number of nitrogens with zero attached hydrogens (tertiary/aromatic N) is 1. The summed E-state index contributed by atoms with van der Waals surface area (Å²) in [5.74, 6) is -0.889. The first kappa shape index (κ1) is 14.4. The van der Waals surface area contributed by atoms with Crippen molar-refractivity contribution in [3.05, 3.63) is 0 Å². The zero-order chi connectivity index (χ0) is 12.9. The fourth-order valence-electron chi connectivity index (χ4n) is 1.68. The Kier molecular flexibility index (Phi) is 5.31. The Bertz CT molecular complexity index is 348. The van der Waals surface area contributed by atoms with E-state index in [0.717, 1.165) is 0 Å². The summed E-state index contributed by atoms with van der Waals surface area (Å²) in [6.45, 7) is 0.987. The number of piperidine rings is 1. The minimum atomic E-state index is -3.34. The maximum absolute atomic E-state index is 11.5. The summed E-state index contributed by atoms with van der Waals surface area (Å²) in [7, 11) is -1.97. The van der Waals surface area contributed by atoms with Crippen LogP contribution in [0.25, 0.3) is 0 Å². The highest BCUT2D eigenvalue weighted by Crippen LogP contribution is 2.15. The molecule has 0 unspecified atom stereocenters. The standard InChI is InChI=1S/C9H18N2O5S/c1-10-17(14,15)11-5-2-8(3-6-11)16-7-4-9(12)13/h8,10H,2-7H2,1H3,(H,12,13). The van der Waals surface area contributed by atoms with Gasteiger partial charge in [-0.1, -0.05) is 0 Å². The molecule has 0 spiro atoms. The SMILES string of the molecule is CNS(=O)(=O)N1CCC(OCCC(=O)O)CC1. The predicted molar refractivity (Wildman–Crippen MR) is 60.8 cm³/mol. The van der Waals surface area contributed by atoms with E-state index in [1.54, 1.807) is 0 Å². The minimum absolute atomic E-state index is 0.0188. The summed E-state index contributed by atoms with van der Waals surface area (Å²) in [4.78, 5) is 10.3. The lowest BCUT2D eigenvalue weighted by Crippen LogP contribution is -2.45. The average molecular weight is 266 g/mol. The van der Waals surface area contributed by atoms with Crippen molar-refractivity contribution in [1.82, 2.24) is 9.03 Å². The Hall–Kier alpha value is -0.700. The van der Waals surface area contributed by atoms with E-state index in [1.165, 1.54) is 11.4 Å². The van der Waals surface area contributed by atoms with E-state index in [0.29, 0.717) is 25.9 Å². The second-order valence-electron chi connectivity index (χ2n) is 3.82. The van der Waals surface area contributed by atoms with Gasteiger partial charge in [-0.15, -0.1) is 0 Å². The zero-order valence-electron chi connectivity index (χ0n) is 9.76. The smallest absolute Gasteiger partial charge is 0.305 e. The van der Waals surface area contributed by atoms with Gasteiger partial charge >= 0.3 is 5.97 Å². The number of carboxylic acid groups (broad SMARTS) is 1. The van der Waals surface area contributed by atoms with Crippen molar-refractivity contribution >= 4 is 16.2 Å². The van der Waals surface area contributed by atoms with Crippen LogP contribution in [0.4, 0.5) is 0 Å². The lowest BCUT2D eigenvalue weighted by atomic mass is 10.1. The van der Waals surface area contributed by atoms with Crippen LogP contribution in [0.5, 0.6) is 0 Å². The van der Waals surface area contributed by atoms with Crippen LogP contribution >= 0.6 is 0 Å². The van der Waals surface area contributed by atoms with Gasteiger partial charge in [0.1, 0.15) is 0 Å². The lowest BCUT2D eigenvalue weighted by Gasteiger charge is -2.30. The number of carboxylic acids is 1. The fraction of sp³-hybridized carbons (Fsp3) is 0.889. The quantitative estimate of drug-likeness (QED) is 0.669. The van der Waals surface area contributed by atoms with E-state index in [1.807, 2.05) is 0 Å². The summed E-state index contributed by atoms with van der Waals surface area (Å²) in [6, 6.07) is 0. The highest BCUT2D eigenvalue weighted by atomic mass is 32.2. The zero-order valence-corrected chi connectivity index (χ0v) is 10.6. The number of nitrogens with one attached hydrogen (secondary N) is 1. The molecule has 8 heteroatoms. The molecule has 1 aliphatic heterocycles. The summed E-state index contributed by atoms with van der Waals surface area (Å²) < 4.78 is 31.9. The Labute approximate surface area is 101 Å². The minimum Gasteiger partial charge on any atom is -0.481 e. The van der Waals surface area contributed by atoms with Crippen LogP contribution in [0.15, 0.2) is 0 Å². The van der Waals surface area contributed by atoms with Crippen molar-refractivity contribution in [1.29, 1.82) is 0 Å². The van der Waals surface area contributed by atoms with Gasteiger partial charge < -0.3 is 9.84 Å². The molecular formula is C9H18N2O5S. The van der Waals surface area contributed by atoms with Crippen molar-refractivity contribution < 1.29 is 23.1 Å². The highest BCUT2D eigenvalue weighted by Gasteiger charge is 2.27. The molecule has 0 aromatic carbocycles. The van der Waals surface area contributed by atoms with Crippen LogP contribution in [0.1, 0.15) is 19.3 Å². The topological polar surface area (TPSA) is 95.9 Å². The van der Waals surface area contributed by atoms with E-state index in [-0.39, 0.29) is 19.1 Å². The molecule has 7 nitrogen and oxygen atoms in total. The van der Waals surface area contributed by atoms with Crippen LogP contribution in [0.3, 0.4) is 0 Å². The molecule has 1 aliphatic rings. The first-order valence-corrected chi connectivity index (χ1v) is 6.91. The highest BCUT2D eigenvalue weighted by molar-refractivity contribution is 7.87. The maximum Gasteiger partial charge on any atom is 0.305 e. The number of aliphatic carboxylic acids is 1. The van der Waals surface area contributed by atoms with Crippen molar-refractivity contribution in [2.45, 2.75) is 25.4 Å². The van der Waals surface area contributed by atoms with Gasteiger partial charge in [0.2, 0.25) is 0 Å². The van der Waals surface area contributed by atoms with E-state index in [4.69, 9.17) is 9.84 Å². The van der Waals surface area contributed by atoms with Gasteiger partial charge in [0.05, 0.1) is 19.1 Å². The van der Waals surface area contributed by atoms with E-state index in [2.05, 4.69) is 4.72 Å². The molecular weight excluding hydrogens is 248 g/mol. The second kappa shape index (κ2) is 6.29. The van der Waals surface area contributed by atoms with Crippen molar-refractivity contribution in [3.8, 4) is 0 Å². The molecule has 0 atom stereocenters. The monoisotopic (exact) mass is 266 g/mol. The molecule has 0 aromatic heterocycles. The van der Waals surface area contributed by atoms with Gasteiger partial charge in [-0.3, -0.25) is 4.79 Å². The van der Waals surface area contributed by atoms with Crippen molar-refractivity contribution in [2.75, 3.05) is 26.7 Å². The number of rotatable bonds is 6. The molecule has 0 aliphatic carbocycles. The molecule has 0 radical (unpaired) electrons. The third kappa shape index (κ3) is 4.58. The Morgan fingerprint density at radius 2 is 2.06 bits per heavy atom. The molecule has 17 heavy (non-hydrogen) atoms. The normalized spacial score (nSPS) is 19.4. The molecule has 0 aromatic rings. The first-order valence-electron chi connectivity index (χ1n) is 5.47. The molecule has 2 N–H and O–H groups in total. The molecule has 0 bridgehead atoms. The maximum atomic E-state index is 11.5. The summed E-state index contributed by atoms with van der Waals surface area (Å²) >= 11 is 0. The summed E-state index contributed by atoms with van der Waals surface area (Å²) in [6.07, 6.45) is 1.13. The van der Waals surface area contributed by atoms with Crippen LogP contribution in [-0.4, -0.2) is 56.6 Å². The number of carbonyl (C=O) groups is 1. The number of ether oxygens (including phenoxy) is 1. The fourth-order valence-corrected chi connectivity index (χ4v) is 2.63.